The molecule has 0 bridgehead atoms. The molecule has 0 radical (unpaired) electrons. The zero-order valence-corrected chi connectivity index (χ0v) is 12.5. The Hall–Kier alpha value is -2.02. The van der Waals surface area contributed by atoms with Gasteiger partial charge in [-0.1, -0.05) is 28.1 Å². The van der Waals surface area contributed by atoms with Gasteiger partial charge in [0.1, 0.15) is 5.75 Å². The molecule has 3 nitrogen and oxygen atoms in total. The Labute approximate surface area is 132 Å². The van der Waals surface area contributed by atoms with Crippen LogP contribution in [-0.2, 0) is 11.0 Å². The van der Waals surface area contributed by atoms with Crippen LogP contribution in [-0.4, -0.2) is 5.91 Å². The van der Waals surface area contributed by atoms with E-state index >= 15 is 0 Å². The normalized spacial score (nSPS) is 17.5. The van der Waals surface area contributed by atoms with Crippen LogP contribution in [0.2, 0.25) is 0 Å². The second-order valence-corrected chi connectivity index (χ2v) is 5.66. The molecular weight excluding hydrogens is 363 g/mol. The van der Waals surface area contributed by atoms with Crippen molar-refractivity contribution in [3.63, 3.8) is 0 Å². The molecule has 1 atom stereocenters. The second-order valence-electron chi connectivity index (χ2n) is 4.75. The number of fused-ring (bicyclic) bond motifs is 1. The maximum absolute atomic E-state index is 12.6. The molecule has 1 heterocycles. The van der Waals surface area contributed by atoms with Crippen molar-refractivity contribution in [2.24, 2.45) is 0 Å². The lowest BCUT2D eigenvalue weighted by molar-refractivity contribution is -0.137. The average molecular weight is 372 g/mol. The Balaban J connectivity index is 1.89. The third-order valence-electron chi connectivity index (χ3n) is 3.22. The van der Waals surface area contributed by atoms with E-state index in [0.29, 0.717) is 17.0 Å². The van der Waals surface area contributed by atoms with Crippen molar-refractivity contribution in [2.45, 2.75) is 12.3 Å². The number of ether oxygens (including phenoxy) is 1. The summed E-state index contributed by atoms with van der Waals surface area (Å²) in [5.41, 5.74) is 0.110. The van der Waals surface area contributed by atoms with E-state index in [9.17, 15) is 18.0 Å². The van der Waals surface area contributed by atoms with Gasteiger partial charge in [-0.3, -0.25) is 4.79 Å². The maximum Gasteiger partial charge on any atom is 0.416 e. The molecule has 0 spiro atoms. The number of carbonyl (C=O) groups excluding carboxylic acids is 1. The summed E-state index contributed by atoms with van der Waals surface area (Å²) in [5.74, 6) is 0.0399. The van der Waals surface area contributed by atoms with E-state index in [1.54, 1.807) is 18.2 Å². The highest BCUT2D eigenvalue weighted by Crippen LogP contribution is 2.37. The predicted octanol–water partition coefficient (Wildman–Crippen LogP) is 4.54. The predicted molar refractivity (Wildman–Crippen MR) is 77.6 cm³/mol. The van der Waals surface area contributed by atoms with Crippen LogP contribution < -0.4 is 10.1 Å². The molecule has 0 unspecified atom stereocenters. The summed E-state index contributed by atoms with van der Waals surface area (Å²) in [7, 11) is 0. The summed E-state index contributed by atoms with van der Waals surface area (Å²) in [6, 6.07) is 9.48. The first-order valence-corrected chi connectivity index (χ1v) is 7.08. The van der Waals surface area contributed by atoms with Crippen LogP contribution in [0.1, 0.15) is 17.2 Å². The zero-order chi connectivity index (χ0) is 15.9. The summed E-state index contributed by atoms with van der Waals surface area (Å²) >= 11 is 3.28. The Morgan fingerprint density at radius 1 is 1.09 bits per heavy atom. The number of nitrogens with one attached hydrogen (secondary N) is 1. The van der Waals surface area contributed by atoms with Crippen molar-refractivity contribution in [1.29, 1.82) is 0 Å². The molecule has 2 aromatic rings. The maximum atomic E-state index is 12.6. The summed E-state index contributed by atoms with van der Waals surface area (Å²) in [4.78, 5) is 12.1. The van der Waals surface area contributed by atoms with Crippen molar-refractivity contribution in [3.05, 3.63) is 58.1 Å². The van der Waals surface area contributed by atoms with Crippen molar-refractivity contribution >= 4 is 27.5 Å². The molecule has 7 heteroatoms. The van der Waals surface area contributed by atoms with Crippen LogP contribution in [0, 0.1) is 0 Å². The van der Waals surface area contributed by atoms with Crippen LogP contribution in [0.15, 0.2) is 46.9 Å². The highest BCUT2D eigenvalue weighted by atomic mass is 79.9. The van der Waals surface area contributed by atoms with Gasteiger partial charge in [-0.25, -0.2) is 0 Å². The quantitative estimate of drug-likeness (QED) is 0.798. The van der Waals surface area contributed by atoms with Crippen molar-refractivity contribution in [1.82, 2.24) is 0 Å². The molecule has 0 saturated heterocycles. The van der Waals surface area contributed by atoms with Gasteiger partial charge in [-0.05, 0) is 30.3 Å². The number of carbonyl (C=O) groups is 1. The number of halogens is 4. The smallest absolute Gasteiger partial charge is 0.416 e. The number of rotatable bonds is 1. The van der Waals surface area contributed by atoms with Gasteiger partial charge in [-0.2, -0.15) is 13.2 Å². The molecule has 1 amide bonds. The fourth-order valence-corrected chi connectivity index (χ4v) is 2.51. The SMILES string of the molecule is O=C1Nc2cc(Br)ccc2O[C@H]1c1ccc(C(F)(F)F)cc1. The number of alkyl halides is 3. The van der Waals surface area contributed by atoms with Gasteiger partial charge in [0.2, 0.25) is 6.10 Å². The van der Waals surface area contributed by atoms with Crippen molar-refractivity contribution in [2.75, 3.05) is 5.32 Å². The Morgan fingerprint density at radius 2 is 1.77 bits per heavy atom. The largest absolute Gasteiger partial charge is 0.474 e. The molecule has 2 aromatic carbocycles. The molecule has 22 heavy (non-hydrogen) atoms. The molecule has 1 aliphatic rings. The Bertz CT molecular complexity index is 729. The first-order chi connectivity index (χ1) is 10.3. The summed E-state index contributed by atoms with van der Waals surface area (Å²) in [6.45, 7) is 0. The van der Waals surface area contributed by atoms with E-state index < -0.39 is 23.8 Å². The third-order valence-corrected chi connectivity index (χ3v) is 3.72. The van der Waals surface area contributed by atoms with Gasteiger partial charge < -0.3 is 10.1 Å². The van der Waals surface area contributed by atoms with Gasteiger partial charge in [-0.15, -0.1) is 0 Å². The van der Waals surface area contributed by atoms with Crippen LogP contribution in [0.3, 0.4) is 0 Å². The number of benzene rings is 2. The first kappa shape index (κ1) is 14.9. The molecule has 0 fully saturated rings. The van der Waals surface area contributed by atoms with Gasteiger partial charge in [0.05, 0.1) is 11.3 Å². The fraction of sp³-hybridized carbons (Fsp3) is 0.133. The Morgan fingerprint density at radius 3 is 2.41 bits per heavy atom. The minimum Gasteiger partial charge on any atom is -0.474 e. The van der Waals surface area contributed by atoms with Crippen molar-refractivity contribution < 1.29 is 22.7 Å². The van der Waals surface area contributed by atoms with E-state index in [2.05, 4.69) is 21.2 Å². The molecule has 0 saturated carbocycles. The van der Waals surface area contributed by atoms with Crippen LogP contribution in [0.4, 0.5) is 18.9 Å². The van der Waals surface area contributed by atoms with E-state index in [1.807, 2.05) is 0 Å². The topological polar surface area (TPSA) is 38.3 Å². The van der Waals surface area contributed by atoms with E-state index in [0.717, 1.165) is 16.6 Å². The van der Waals surface area contributed by atoms with E-state index in [4.69, 9.17) is 4.74 Å². The van der Waals surface area contributed by atoms with Gasteiger partial charge in [0, 0.05) is 10.0 Å². The standard InChI is InChI=1S/C15H9BrF3NO2/c16-10-5-6-12-11(7-10)20-14(21)13(22-12)8-1-3-9(4-2-8)15(17,18)19/h1-7,13H,(H,20,21)/t13-/m0/s1. The number of hydrogen-bond acceptors (Lipinski definition) is 2. The van der Waals surface area contributed by atoms with Gasteiger partial charge in [0.25, 0.3) is 5.91 Å². The van der Waals surface area contributed by atoms with Gasteiger partial charge >= 0.3 is 6.18 Å². The van der Waals surface area contributed by atoms with E-state index in [-0.39, 0.29) is 0 Å². The minimum absolute atomic E-state index is 0.360. The monoisotopic (exact) mass is 371 g/mol. The van der Waals surface area contributed by atoms with Crippen LogP contribution >= 0.6 is 15.9 Å². The van der Waals surface area contributed by atoms with Gasteiger partial charge in [0.15, 0.2) is 0 Å². The molecule has 1 aliphatic heterocycles. The first-order valence-electron chi connectivity index (χ1n) is 6.29. The lowest BCUT2D eigenvalue weighted by Crippen LogP contribution is -2.30. The third kappa shape index (κ3) is 2.81. The summed E-state index contributed by atoms with van der Waals surface area (Å²) < 4.78 is 44.1. The summed E-state index contributed by atoms with van der Waals surface area (Å²) in [6.07, 6.45) is -5.39. The van der Waals surface area contributed by atoms with Crippen molar-refractivity contribution in [3.8, 4) is 5.75 Å². The highest BCUT2D eigenvalue weighted by molar-refractivity contribution is 9.10. The average Bonchev–Trinajstić information content (AvgIpc) is 2.45. The summed E-state index contributed by atoms with van der Waals surface area (Å²) in [5, 5.41) is 2.68. The molecular formula is C15H9BrF3NO2. The number of amides is 1. The molecule has 1 N–H and O–H groups in total. The number of hydrogen-bond donors (Lipinski definition) is 1. The molecule has 0 aliphatic carbocycles. The highest BCUT2D eigenvalue weighted by Gasteiger charge is 2.32. The second kappa shape index (κ2) is 5.31. The molecule has 0 aromatic heterocycles. The fourth-order valence-electron chi connectivity index (χ4n) is 2.15. The lowest BCUT2D eigenvalue weighted by atomic mass is 10.0. The minimum atomic E-state index is -4.41. The van der Waals surface area contributed by atoms with Crippen LogP contribution in [0.5, 0.6) is 5.75 Å². The van der Waals surface area contributed by atoms with Crippen LogP contribution in [0.25, 0.3) is 0 Å². The number of anilines is 1. The Kier molecular flexibility index (Phi) is 3.60. The van der Waals surface area contributed by atoms with E-state index in [1.165, 1.54) is 12.1 Å². The lowest BCUT2D eigenvalue weighted by Gasteiger charge is -2.26. The zero-order valence-electron chi connectivity index (χ0n) is 10.9. The molecule has 114 valence electrons. The molecule has 3 rings (SSSR count).